The third-order valence-electron chi connectivity index (χ3n) is 6.70. The first-order valence-electron chi connectivity index (χ1n) is 12.5. The largest absolute Gasteiger partial charge is 0.381 e. The number of hydrogen-bond acceptors (Lipinski definition) is 6. The third-order valence-corrected chi connectivity index (χ3v) is 12.3. The minimum atomic E-state index is -3.97. The Balaban J connectivity index is 1.96. The Morgan fingerprint density at radius 2 is 1.15 bits per heavy atom. The van der Waals surface area contributed by atoms with Gasteiger partial charge in [-0.2, -0.15) is 16.8 Å². The monoisotopic (exact) mass is 530 g/mol. The van der Waals surface area contributed by atoms with Crippen LogP contribution in [0.15, 0.2) is 0 Å². The van der Waals surface area contributed by atoms with Crippen LogP contribution in [0, 0.1) is 0 Å². The highest BCUT2D eigenvalue weighted by Crippen LogP contribution is 2.59. The Labute approximate surface area is 201 Å². The molecule has 11 heteroatoms. The summed E-state index contributed by atoms with van der Waals surface area (Å²) in [5, 5.41) is 0. The predicted octanol–water partition coefficient (Wildman–Crippen LogP) is 4.48. The van der Waals surface area contributed by atoms with E-state index in [-0.39, 0.29) is 32.3 Å². The molecule has 0 aliphatic heterocycles. The Morgan fingerprint density at radius 3 is 1.61 bits per heavy atom. The van der Waals surface area contributed by atoms with Gasteiger partial charge in [0.15, 0.2) is 0 Å². The summed E-state index contributed by atoms with van der Waals surface area (Å²) in [4.78, 5) is 0. The quantitative estimate of drug-likeness (QED) is 0.170. The zero-order valence-electron chi connectivity index (χ0n) is 19.8. The summed E-state index contributed by atoms with van der Waals surface area (Å²) in [5.74, 6) is -0.571. The lowest BCUT2D eigenvalue weighted by Crippen LogP contribution is -2.30. The van der Waals surface area contributed by atoms with Crippen LogP contribution < -0.4 is 0 Å². The molecule has 0 spiro atoms. The molecule has 33 heavy (non-hydrogen) atoms. The van der Waals surface area contributed by atoms with Gasteiger partial charge in [0.2, 0.25) is 0 Å². The van der Waals surface area contributed by atoms with Gasteiger partial charge in [-0.3, -0.25) is 9.11 Å². The second kappa shape index (κ2) is 15.3. The molecular weight excluding hydrogens is 487 g/mol. The van der Waals surface area contributed by atoms with Gasteiger partial charge in [-0.25, -0.2) is 0 Å². The average Bonchev–Trinajstić information content (AvgIpc) is 2.75. The van der Waals surface area contributed by atoms with Crippen molar-refractivity contribution in [1.82, 2.24) is 0 Å². The summed E-state index contributed by atoms with van der Waals surface area (Å²) in [6.07, 6.45) is 14.4. The molecule has 2 fully saturated rings. The highest BCUT2D eigenvalue weighted by Gasteiger charge is 2.36. The highest BCUT2D eigenvalue weighted by atomic mass is 32.2. The van der Waals surface area contributed by atoms with Crippen molar-refractivity contribution < 1.29 is 35.4 Å². The van der Waals surface area contributed by atoms with E-state index in [1.54, 1.807) is 0 Å². The molecule has 1 atom stereocenters. The summed E-state index contributed by atoms with van der Waals surface area (Å²) >= 11 is 0. The van der Waals surface area contributed by atoms with Crippen LogP contribution in [-0.4, -0.2) is 80.9 Å². The molecule has 0 heterocycles. The van der Waals surface area contributed by atoms with Crippen LogP contribution in [-0.2, 0) is 29.7 Å². The highest BCUT2D eigenvalue weighted by molar-refractivity contribution is 7.86. The van der Waals surface area contributed by atoms with E-state index in [4.69, 9.17) is 18.6 Å². The maximum atomic E-state index is 11.0. The molecule has 0 saturated heterocycles. The predicted molar refractivity (Wildman–Crippen MR) is 133 cm³/mol. The molecule has 2 saturated carbocycles. The first kappa shape index (κ1) is 29.4. The molecule has 0 aromatic rings. The van der Waals surface area contributed by atoms with Crippen molar-refractivity contribution in [3.05, 3.63) is 0 Å². The van der Waals surface area contributed by atoms with E-state index in [0.29, 0.717) is 32.1 Å². The molecule has 2 rings (SSSR count). The van der Waals surface area contributed by atoms with Gasteiger partial charge in [0, 0.05) is 25.5 Å². The Hall–Kier alpha value is 0.170. The van der Waals surface area contributed by atoms with E-state index in [1.807, 2.05) is 0 Å². The molecule has 0 amide bonds. The zero-order valence-corrected chi connectivity index (χ0v) is 22.3. The molecular formula is C22H43O8PS2. The van der Waals surface area contributed by atoms with Crippen molar-refractivity contribution >= 4 is 28.2 Å². The second-order valence-corrected chi connectivity index (χ2v) is 15.7. The fourth-order valence-corrected chi connectivity index (χ4v) is 10.6. The van der Waals surface area contributed by atoms with Crippen LogP contribution in [0.4, 0.5) is 0 Å². The minimum absolute atomic E-state index is 0.255. The summed E-state index contributed by atoms with van der Waals surface area (Å²) < 4.78 is 73.2. The molecule has 2 aliphatic rings. The van der Waals surface area contributed by atoms with Crippen LogP contribution in [0.25, 0.3) is 0 Å². The maximum absolute atomic E-state index is 11.0. The van der Waals surface area contributed by atoms with E-state index in [1.165, 1.54) is 64.2 Å². The Kier molecular flexibility index (Phi) is 13.6. The second-order valence-electron chi connectivity index (χ2n) is 9.44. The fourth-order valence-electron chi connectivity index (χ4n) is 5.20. The van der Waals surface area contributed by atoms with Crippen LogP contribution in [0.3, 0.4) is 0 Å². The number of ether oxygens (including phenoxy) is 2. The third kappa shape index (κ3) is 13.2. The van der Waals surface area contributed by atoms with E-state index in [2.05, 4.69) is 0 Å². The van der Waals surface area contributed by atoms with Gasteiger partial charge < -0.3 is 9.47 Å². The average molecular weight is 531 g/mol. The van der Waals surface area contributed by atoms with Gasteiger partial charge in [-0.1, -0.05) is 46.4 Å². The summed E-state index contributed by atoms with van der Waals surface area (Å²) in [5.41, 5.74) is 1.88. The SMILES string of the molecule is O=S(=O)(O)CCCOCCC(COCCCS(=O)(=O)O)P(C1CCCCC1)C1CCCCC1. The lowest BCUT2D eigenvalue weighted by molar-refractivity contribution is 0.105. The van der Waals surface area contributed by atoms with Crippen molar-refractivity contribution in [3.63, 3.8) is 0 Å². The maximum Gasteiger partial charge on any atom is 0.264 e. The van der Waals surface area contributed by atoms with E-state index < -0.39 is 20.2 Å². The van der Waals surface area contributed by atoms with Crippen molar-refractivity contribution in [2.75, 3.05) is 37.9 Å². The fraction of sp³-hybridized carbons (Fsp3) is 1.00. The van der Waals surface area contributed by atoms with E-state index >= 15 is 0 Å². The summed E-state index contributed by atoms with van der Waals surface area (Å²) in [6, 6.07) is 0. The smallest absolute Gasteiger partial charge is 0.264 e. The van der Waals surface area contributed by atoms with Crippen molar-refractivity contribution in [1.29, 1.82) is 0 Å². The minimum Gasteiger partial charge on any atom is -0.381 e. The molecule has 0 aromatic heterocycles. The summed E-state index contributed by atoms with van der Waals surface area (Å²) in [7, 11) is -8.18. The Bertz CT molecular complexity index is 713. The van der Waals surface area contributed by atoms with Gasteiger partial charge in [0.1, 0.15) is 0 Å². The molecule has 2 aliphatic carbocycles. The Morgan fingerprint density at radius 1 is 0.697 bits per heavy atom. The van der Waals surface area contributed by atoms with Gasteiger partial charge >= 0.3 is 0 Å². The van der Waals surface area contributed by atoms with E-state index in [9.17, 15) is 16.8 Å². The number of rotatable bonds is 16. The first-order valence-corrected chi connectivity index (χ1v) is 17.3. The molecule has 1 unspecified atom stereocenters. The molecule has 0 bridgehead atoms. The first-order chi connectivity index (χ1) is 15.7. The van der Waals surface area contributed by atoms with E-state index in [0.717, 1.165) is 17.7 Å². The van der Waals surface area contributed by atoms with Crippen LogP contribution in [0.2, 0.25) is 0 Å². The van der Waals surface area contributed by atoms with Crippen molar-refractivity contribution in [2.45, 2.75) is 100 Å². The topological polar surface area (TPSA) is 127 Å². The van der Waals surface area contributed by atoms with Gasteiger partial charge in [-0.15, -0.1) is 0 Å². The molecule has 196 valence electrons. The summed E-state index contributed by atoms with van der Waals surface area (Å²) in [6.45, 7) is 1.72. The lowest BCUT2D eigenvalue weighted by Gasteiger charge is -2.43. The zero-order chi connectivity index (χ0) is 24.2. The molecule has 8 nitrogen and oxygen atoms in total. The molecule has 2 N–H and O–H groups in total. The van der Waals surface area contributed by atoms with Crippen LogP contribution in [0.5, 0.6) is 0 Å². The number of hydrogen-bond donors (Lipinski definition) is 2. The molecule has 0 radical (unpaired) electrons. The van der Waals surface area contributed by atoms with Crippen molar-refractivity contribution in [3.8, 4) is 0 Å². The van der Waals surface area contributed by atoms with Gasteiger partial charge in [0.25, 0.3) is 20.2 Å². The van der Waals surface area contributed by atoms with Crippen LogP contribution >= 0.6 is 7.92 Å². The lowest BCUT2D eigenvalue weighted by atomic mass is 9.99. The molecule has 0 aromatic carbocycles. The van der Waals surface area contributed by atoms with Crippen molar-refractivity contribution in [2.24, 2.45) is 0 Å². The van der Waals surface area contributed by atoms with Gasteiger partial charge in [0.05, 0.1) is 18.1 Å². The standard InChI is InChI=1S/C22H43O8PS2/c23-32(24,25)17-7-14-29-16-13-22(19-30-15-8-18-33(26,27)28)31(20-9-3-1-4-10-20)21-11-5-2-6-12-21/h20-22H,1-19H2,(H,23,24,25)(H,26,27,28). The van der Waals surface area contributed by atoms with Gasteiger partial charge in [-0.05, 0) is 56.3 Å². The normalized spacial score (nSPS) is 20.3. The van der Waals surface area contributed by atoms with Crippen LogP contribution in [0.1, 0.15) is 83.5 Å².